The summed E-state index contributed by atoms with van der Waals surface area (Å²) < 4.78 is 16.2. The fourth-order valence-electron chi connectivity index (χ4n) is 2.71. The summed E-state index contributed by atoms with van der Waals surface area (Å²) in [5.74, 6) is -0.266. The molecular formula is C22H20ClNO5. The van der Waals surface area contributed by atoms with Gasteiger partial charge < -0.3 is 14.2 Å². The number of ether oxygens (including phenoxy) is 3. The third kappa shape index (κ3) is 4.66. The van der Waals surface area contributed by atoms with Crippen molar-refractivity contribution in [2.75, 3.05) is 6.61 Å². The van der Waals surface area contributed by atoms with Gasteiger partial charge in [0.1, 0.15) is 0 Å². The lowest BCUT2D eigenvalue weighted by molar-refractivity contribution is -0.134. The van der Waals surface area contributed by atoms with Crippen molar-refractivity contribution < 1.29 is 23.8 Å². The normalized spacial score (nSPS) is 14.6. The van der Waals surface area contributed by atoms with E-state index in [9.17, 15) is 9.59 Å². The van der Waals surface area contributed by atoms with E-state index in [1.807, 2.05) is 31.2 Å². The molecule has 0 spiro atoms. The van der Waals surface area contributed by atoms with Crippen LogP contribution in [0, 0.1) is 6.92 Å². The molecule has 0 fully saturated rings. The molecule has 7 heteroatoms. The van der Waals surface area contributed by atoms with E-state index in [-0.39, 0.29) is 28.8 Å². The van der Waals surface area contributed by atoms with Crippen LogP contribution in [0.2, 0.25) is 5.02 Å². The highest BCUT2D eigenvalue weighted by molar-refractivity contribution is 6.32. The van der Waals surface area contributed by atoms with Crippen molar-refractivity contribution in [1.29, 1.82) is 0 Å². The Hall–Kier alpha value is -3.12. The molecule has 0 unspecified atom stereocenters. The van der Waals surface area contributed by atoms with Gasteiger partial charge in [-0.1, -0.05) is 36.7 Å². The Morgan fingerprint density at radius 3 is 2.69 bits per heavy atom. The van der Waals surface area contributed by atoms with Gasteiger partial charge >= 0.3 is 11.9 Å². The van der Waals surface area contributed by atoms with Gasteiger partial charge in [-0.25, -0.2) is 9.79 Å². The van der Waals surface area contributed by atoms with Crippen LogP contribution < -0.4 is 9.47 Å². The van der Waals surface area contributed by atoms with E-state index >= 15 is 0 Å². The number of benzene rings is 2. The zero-order valence-corrected chi connectivity index (χ0v) is 17.1. The van der Waals surface area contributed by atoms with E-state index in [0.29, 0.717) is 17.9 Å². The molecule has 0 saturated carbocycles. The highest BCUT2D eigenvalue weighted by Crippen LogP contribution is 2.38. The van der Waals surface area contributed by atoms with Gasteiger partial charge in [0, 0.05) is 12.0 Å². The van der Waals surface area contributed by atoms with Crippen molar-refractivity contribution in [1.82, 2.24) is 0 Å². The maximum Gasteiger partial charge on any atom is 0.363 e. The summed E-state index contributed by atoms with van der Waals surface area (Å²) in [5.41, 5.74) is 2.40. The predicted molar refractivity (Wildman–Crippen MR) is 110 cm³/mol. The maximum absolute atomic E-state index is 12.3. The lowest BCUT2D eigenvalue weighted by atomic mass is 10.1. The monoisotopic (exact) mass is 413 g/mol. The lowest BCUT2D eigenvalue weighted by Crippen LogP contribution is -2.08. The van der Waals surface area contributed by atoms with E-state index in [1.165, 1.54) is 0 Å². The van der Waals surface area contributed by atoms with Gasteiger partial charge in [0.2, 0.25) is 5.90 Å². The molecule has 0 atom stereocenters. The Kier molecular flexibility index (Phi) is 6.34. The topological polar surface area (TPSA) is 74.2 Å². The number of cyclic esters (lactones) is 1. The molecule has 150 valence electrons. The number of nitrogens with zero attached hydrogens (tertiary/aromatic N) is 1. The summed E-state index contributed by atoms with van der Waals surface area (Å²) >= 11 is 6.30. The van der Waals surface area contributed by atoms with E-state index in [2.05, 4.69) is 4.99 Å². The standard InChI is InChI=1S/C22H20ClNO5/c1-4-19(25)28-20-16(23)10-14(12-18(20)27-5-2)11-17-22(26)29-21(24-17)15-9-7-6-8-13(15)3/h6-12H,4-5H2,1-3H3/b17-11-. The Labute approximate surface area is 173 Å². The summed E-state index contributed by atoms with van der Waals surface area (Å²) in [4.78, 5) is 28.3. The Bertz CT molecular complexity index is 1030. The van der Waals surface area contributed by atoms with Gasteiger partial charge in [-0.15, -0.1) is 0 Å². The van der Waals surface area contributed by atoms with Gasteiger partial charge in [0.05, 0.1) is 11.6 Å². The first-order chi connectivity index (χ1) is 13.9. The molecule has 0 saturated heterocycles. The molecule has 0 aliphatic carbocycles. The molecule has 1 heterocycles. The second-order valence-electron chi connectivity index (χ2n) is 6.24. The number of carbonyl (C=O) groups excluding carboxylic acids is 2. The number of aryl methyl sites for hydroxylation is 1. The first kappa shape index (κ1) is 20.6. The van der Waals surface area contributed by atoms with Crippen LogP contribution in [-0.4, -0.2) is 24.4 Å². The maximum atomic E-state index is 12.3. The van der Waals surface area contributed by atoms with E-state index in [4.69, 9.17) is 25.8 Å². The molecule has 1 aliphatic heterocycles. The largest absolute Gasteiger partial charge is 0.490 e. The van der Waals surface area contributed by atoms with Crippen molar-refractivity contribution in [3.8, 4) is 11.5 Å². The molecule has 2 aromatic carbocycles. The van der Waals surface area contributed by atoms with Crippen LogP contribution >= 0.6 is 11.6 Å². The molecule has 3 rings (SSSR count). The molecule has 0 amide bonds. The quantitative estimate of drug-likeness (QED) is 0.389. The summed E-state index contributed by atoms with van der Waals surface area (Å²) in [6.45, 7) is 5.76. The smallest absolute Gasteiger partial charge is 0.363 e. The van der Waals surface area contributed by atoms with Crippen molar-refractivity contribution >= 4 is 35.5 Å². The molecule has 6 nitrogen and oxygen atoms in total. The minimum absolute atomic E-state index is 0.139. The van der Waals surface area contributed by atoms with Gasteiger partial charge in [-0.3, -0.25) is 4.79 Å². The van der Waals surface area contributed by atoms with Gasteiger partial charge in [-0.2, -0.15) is 0 Å². The van der Waals surface area contributed by atoms with Gasteiger partial charge in [0.25, 0.3) is 0 Å². The van der Waals surface area contributed by atoms with Crippen molar-refractivity contribution in [3.05, 3.63) is 63.8 Å². The average molecular weight is 414 g/mol. The third-order valence-electron chi connectivity index (χ3n) is 4.14. The average Bonchev–Trinajstić information content (AvgIpc) is 3.05. The Balaban J connectivity index is 1.98. The molecule has 29 heavy (non-hydrogen) atoms. The number of hydrogen-bond acceptors (Lipinski definition) is 6. The number of rotatable bonds is 6. The minimum Gasteiger partial charge on any atom is -0.490 e. The molecule has 1 aliphatic rings. The van der Waals surface area contributed by atoms with Crippen LogP contribution in [0.3, 0.4) is 0 Å². The molecule has 0 N–H and O–H groups in total. The predicted octanol–water partition coefficient (Wildman–Crippen LogP) is 4.71. The minimum atomic E-state index is -0.557. The Morgan fingerprint density at radius 2 is 2.00 bits per heavy atom. The number of aliphatic imine (C=N–C) groups is 1. The summed E-state index contributed by atoms with van der Waals surface area (Å²) in [6, 6.07) is 10.7. The van der Waals surface area contributed by atoms with Crippen LogP contribution in [-0.2, 0) is 14.3 Å². The highest BCUT2D eigenvalue weighted by atomic mass is 35.5. The highest BCUT2D eigenvalue weighted by Gasteiger charge is 2.25. The fourth-order valence-corrected chi connectivity index (χ4v) is 2.97. The number of carbonyl (C=O) groups is 2. The number of halogens is 1. The second-order valence-corrected chi connectivity index (χ2v) is 6.65. The van der Waals surface area contributed by atoms with Crippen molar-refractivity contribution in [2.24, 2.45) is 4.99 Å². The molecule has 0 aromatic heterocycles. The van der Waals surface area contributed by atoms with Gasteiger partial charge in [0.15, 0.2) is 17.2 Å². The Morgan fingerprint density at radius 1 is 1.24 bits per heavy atom. The lowest BCUT2D eigenvalue weighted by Gasteiger charge is -2.13. The molecular weight excluding hydrogens is 394 g/mol. The molecule has 0 radical (unpaired) electrons. The zero-order chi connectivity index (χ0) is 21.0. The first-order valence-corrected chi connectivity index (χ1v) is 9.56. The van der Waals surface area contributed by atoms with Crippen molar-refractivity contribution in [3.63, 3.8) is 0 Å². The SMILES string of the molecule is CCOc1cc(/C=C2\N=C(c3ccccc3C)OC2=O)cc(Cl)c1OC(=O)CC. The fraction of sp³-hybridized carbons (Fsp3) is 0.227. The molecule has 0 bridgehead atoms. The third-order valence-corrected chi connectivity index (χ3v) is 4.42. The zero-order valence-electron chi connectivity index (χ0n) is 16.3. The van der Waals surface area contributed by atoms with E-state index in [0.717, 1.165) is 11.1 Å². The first-order valence-electron chi connectivity index (χ1n) is 9.18. The second kappa shape index (κ2) is 8.92. The van der Waals surface area contributed by atoms with Crippen LogP contribution in [0.4, 0.5) is 0 Å². The number of esters is 2. The summed E-state index contributed by atoms with van der Waals surface area (Å²) in [5, 5.41) is 0.194. The molecule has 2 aromatic rings. The summed E-state index contributed by atoms with van der Waals surface area (Å²) in [7, 11) is 0. The number of hydrogen-bond donors (Lipinski definition) is 0. The van der Waals surface area contributed by atoms with Crippen LogP contribution in [0.1, 0.15) is 37.0 Å². The van der Waals surface area contributed by atoms with Crippen LogP contribution in [0.5, 0.6) is 11.5 Å². The van der Waals surface area contributed by atoms with Crippen LogP contribution in [0.25, 0.3) is 6.08 Å². The van der Waals surface area contributed by atoms with Gasteiger partial charge in [-0.05, 0) is 49.2 Å². The summed E-state index contributed by atoms with van der Waals surface area (Å²) in [6.07, 6.45) is 1.75. The van der Waals surface area contributed by atoms with E-state index in [1.54, 1.807) is 32.1 Å². The van der Waals surface area contributed by atoms with Crippen LogP contribution in [0.15, 0.2) is 47.1 Å². The van der Waals surface area contributed by atoms with E-state index < -0.39 is 11.9 Å². The van der Waals surface area contributed by atoms with Crippen molar-refractivity contribution in [2.45, 2.75) is 27.2 Å².